The average molecular weight is 474 g/mol. The zero-order valence-corrected chi connectivity index (χ0v) is 16.2. The van der Waals surface area contributed by atoms with Crippen molar-refractivity contribution < 1.29 is 13.0 Å². The molecule has 2 aromatic carbocycles. The lowest BCUT2D eigenvalue weighted by Crippen LogP contribution is -2.22. The van der Waals surface area contributed by atoms with Crippen molar-refractivity contribution in [1.29, 1.82) is 0 Å². The molecule has 0 atom stereocenters. The van der Waals surface area contributed by atoms with E-state index in [1.54, 1.807) is 19.1 Å². The number of aryl methyl sites for hydroxylation is 1. The smallest absolute Gasteiger partial charge is 0.282 e. The molecule has 0 radical (unpaired) electrons. The third kappa shape index (κ3) is 3.04. The van der Waals surface area contributed by atoms with Gasteiger partial charge in [-0.2, -0.15) is 8.42 Å². The fourth-order valence-electron chi connectivity index (χ4n) is 2.39. The maximum Gasteiger partial charge on any atom is 0.294 e. The second kappa shape index (κ2) is 6.07. The Morgan fingerprint density at radius 2 is 1.75 bits per heavy atom. The topological polar surface area (TPSA) is 89.3 Å². The number of benzene rings is 2. The van der Waals surface area contributed by atoms with Crippen molar-refractivity contribution in [3.63, 3.8) is 0 Å². The van der Waals surface area contributed by atoms with Crippen LogP contribution in [0.15, 0.2) is 55.0 Å². The molecular weight excluding hydrogens is 464 g/mol. The van der Waals surface area contributed by atoms with Crippen molar-refractivity contribution in [1.82, 2.24) is 9.55 Å². The Bertz CT molecular complexity index is 1120. The van der Waals surface area contributed by atoms with Gasteiger partial charge in [0.1, 0.15) is 5.82 Å². The van der Waals surface area contributed by atoms with Gasteiger partial charge in [0.15, 0.2) is 0 Å². The number of hydrogen-bond donors (Lipinski definition) is 1. The van der Waals surface area contributed by atoms with Gasteiger partial charge in [0.2, 0.25) is 0 Å². The molecule has 0 aliphatic heterocycles. The van der Waals surface area contributed by atoms with Crippen LogP contribution in [-0.4, -0.2) is 22.5 Å². The van der Waals surface area contributed by atoms with Crippen LogP contribution in [0.1, 0.15) is 5.82 Å². The van der Waals surface area contributed by atoms with E-state index < -0.39 is 10.1 Å². The van der Waals surface area contributed by atoms with E-state index in [2.05, 4.69) is 36.8 Å². The molecule has 1 N–H and O–H groups in total. The van der Waals surface area contributed by atoms with Crippen molar-refractivity contribution in [2.75, 3.05) is 0 Å². The predicted molar refractivity (Wildman–Crippen MR) is 97.3 cm³/mol. The minimum atomic E-state index is -4.28. The third-order valence-corrected chi connectivity index (χ3v) is 5.38. The number of nitrogens with zero attached hydrogens (tertiary/aromatic N) is 2. The highest BCUT2D eigenvalue weighted by Gasteiger charge is 2.14. The quantitative estimate of drug-likeness (QED) is 0.575. The summed E-state index contributed by atoms with van der Waals surface area (Å²) in [5.74, 6) is 0.454. The molecule has 0 spiro atoms. The Labute approximate surface area is 154 Å². The van der Waals surface area contributed by atoms with Crippen LogP contribution < -0.4 is 5.56 Å². The fraction of sp³-hybridized carbons (Fsp3) is 0.0667. The highest BCUT2D eigenvalue weighted by atomic mass is 79.9. The molecule has 0 unspecified atom stereocenters. The maximum absolute atomic E-state index is 12.8. The first-order chi connectivity index (χ1) is 11.2. The molecule has 124 valence electrons. The molecular formula is C15H10Br2N2O4S. The number of aromatic nitrogens is 2. The van der Waals surface area contributed by atoms with Crippen LogP contribution in [-0.2, 0) is 10.1 Å². The zero-order valence-electron chi connectivity index (χ0n) is 12.2. The minimum Gasteiger partial charge on any atom is -0.282 e. The van der Waals surface area contributed by atoms with E-state index >= 15 is 0 Å². The molecule has 3 rings (SSSR count). The van der Waals surface area contributed by atoms with Crippen LogP contribution in [0, 0.1) is 6.92 Å². The first-order valence-electron chi connectivity index (χ1n) is 6.65. The summed E-state index contributed by atoms with van der Waals surface area (Å²) in [4.78, 5) is 17.1. The van der Waals surface area contributed by atoms with Gasteiger partial charge in [0.05, 0.1) is 21.5 Å². The van der Waals surface area contributed by atoms with Crippen molar-refractivity contribution >= 4 is 52.9 Å². The highest BCUT2D eigenvalue weighted by molar-refractivity contribution is 9.11. The van der Waals surface area contributed by atoms with E-state index in [1.165, 1.54) is 28.8 Å². The van der Waals surface area contributed by atoms with Crippen LogP contribution in [0.5, 0.6) is 0 Å². The average Bonchev–Trinajstić information content (AvgIpc) is 2.48. The molecule has 6 nitrogen and oxygen atoms in total. The summed E-state index contributed by atoms with van der Waals surface area (Å²) in [5.41, 5.74) is 0.723. The van der Waals surface area contributed by atoms with E-state index in [9.17, 15) is 13.2 Å². The molecule has 0 saturated heterocycles. The number of halogens is 2. The Morgan fingerprint density at radius 3 is 2.33 bits per heavy atom. The summed E-state index contributed by atoms with van der Waals surface area (Å²) in [7, 11) is -4.28. The van der Waals surface area contributed by atoms with Crippen LogP contribution in [0.4, 0.5) is 0 Å². The minimum absolute atomic E-state index is 0.240. The molecule has 0 saturated carbocycles. The molecule has 1 heterocycles. The van der Waals surface area contributed by atoms with Gasteiger partial charge in [-0.1, -0.05) is 15.9 Å². The van der Waals surface area contributed by atoms with Gasteiger partial charge in [-0.05, 0) is 59.3 Å². The molecule has 9 heteroatoms. The van der Waals surface area contributed by atoms with Gasteiger partial charge in [-0.25, -0.2) is 4.98 Å². The highest BCUT2D eigenvalue weighted by Crippen LogP contribution is 2.26. The Morgan fingerprint density at radius 1 is 1.12 bits per heavy atom. The number of rotatable bonds is 2. The molecule has 1 aromatic heterocycles. The Hall–Kier alpha value is -1.55. The molecule has 3 aromatic rings. The van der Waals surface area contributed by atoms with Gasteiger partial charge in [0.25, 0.3) is 15.7 Å². The summed E-state index contributed by atoms with van der Waals surface area (Å²) in [6.07, 6.45) is 0. The van der Waals surface area contributed by atoms with Gasteiger partial charge in [-0.3, -0.25) is 13.9 Å². The van der Waals surface area contributed by atoms with Gasteiger partial charge in [-0.15, -0.1) is 0 Å². The summed E-state index contributed by atoms with van der Waals surface area (Å²) in [5, 5.41) is 0.417. The lowest BCUT2D eigenvalue weighted by atomic mass is 10.2. The predicted octanol–water partition coefficient (Wildman–Crippen LogP) is 3.47. The SMILES string of the molecule is Cc1nc2c(Br)cc(Br)cc2c(=O)n1-c1ccc(S(=O)(=O)O)cc1. The van der Waals surface area contributed by atoms with Crippen molar-refractivity contribution in [2.24, 2.45) is 0 Å². The van der Waals surface area contributed by atoms with Crippen LogP contribution in [0.3, 0.4) is 0 Å². The number of hydrogen-bond acceptors (Lipinski definition) is 4. The van der Waals surface area contributed by atoms with E-state index in [-0.39, 0.29) is 10.5 Å². The van der Waals surface area contributed by atoms with Gasteiger partial charge in [0, 0.05) is 8.95 Å². The van der Waals surface area contributed by atoms with E-state index in [1.807, 2.05) is 0 Å². The van der Waals surface area contributed by atoms with Crippen molar-refractivity contribution in [3.05, 3.63) is 61.5 Å². The maximum atomic E-state index is 12.8. The summed E-state index contributed by atoms with van der Waals surface area (Å²) in [6.45, 7) is 1.69. The zero-order chi connectivity index (χ0) is 17.6. The fourth-order valence-corrected chi connectivity index (χ4v) is 4.19. The summed E-state index contributed by atoms with van der Waals surface area (Å²) in [6, 6.07) is 8.84. The molecule has 0 aliphatic carbocycles. The molecule has 0 bridgehead atoms. The van der Waals surface area contributed by atoms with E-state index in [0.29, 0.717) is 26.9 Å². The van der Waals surface area contributed by atoms with Crippen LogP contribution in [0.2, 0.25) is 0 Å². The molecule has 0 aliphatic rings. The second-order valence-corrected chi connectivity index (χ2v) is 8.24. The largest absolute Gasteiger partial charge is 0.294 e. The first kappa shape index (κ1) is 17.3. The molecule has 0 fully saturated rings. The summed E-state index contributed by atoms with van der Waals surface area (Å²) < 4.78 is 34.1. The normalized spacial score (nSPS) is 11.8. The molecule has 24 heavy (non-hydrogen) atoms. The third-order valence-electron chi connectivity index (χ3n) is 3.45. The molecule has 0 amide bonds. The van der Waals surface area contributed by atoms with Crippen molar-refractivity contribution in [3.8, 4) is 5.69 Å². The van der Waals surface area contributed by atoms with Gasteiger partial charge >= 0.3 is 0 Å². The van der Waals surface area contributed by atoms with Crippen molar-refractivity contribution in [2.45, 2.75) is 11.8 Å². The Balaban J connectivity index is 2.29. The standard InChI is InChI=1S/C15H10Br2N2O4S/c1-8-18-14-12(6-9(16)7-13(14)17)15(20)19(8)10-2-4-11(5-3-10)24(21,22)23/h2-7H,1H3,(H,21,22,23). The van der Waals surface area contributed by atoms with Crippen LogP contribution in [0.25, 0.3) is 16.6 Å². The first-order valence-corrected chi connectivity index (χ1v) is 9.67. The second-order valence-electron chi connectivity index (χ2n) is 5.05. The van der Waals surface area contributed by atoms with E-state index in [4.69, 9.17) is 4.55 Å². The summed E-state index contributed by atoms with van der Waals surface area (Å²) >= 11 is 6.74. The lowest BCUT2D eigenvalue weighted by Gasteiger charge is -2.12. The van der Waals surface area contributed by atoms with E-state index in [0.717, 1.165) is 4.47 Å². The monoisotopic (exact) mass is 472 g/mol. The lowest BCUT2D eigenvalue weighted by molar-refractivity contribution is 0.483. The number of fused-ring (bicyclic) bond motifs is 1. The Kier molecular flexibility index (Phi) is 4.37. The van der Waals surface area contributed by atoms with Gasteiger partial charge < -0.3 is 0 Å². The van der Waals surface area contributed by atoms with Crippen LogP contribution >= 0.6 is 31.9 Å².